The van der Waals surface area contributed by atoms with Gasteiger partial charge in [0.1, 0.15) is 12.4 Å². The minimum atomic E-state index is 0.568. The molecular weight excluding hydrogens is 264 g/mol. The van der Waals surface area contributed by atoms with Gasteiger partial charge in [0.05, 0.1) is 12.3 Å². The minimum Gasteiger partial charge on any atom is -0.372 e. The number of likely N-dealkylation sites (tertiary alicyclic amines) is 1. The minimum absolute atomic E-state index is 0.568. The molecule has 0 saturated carbocycles. The Morgan fingerprint density at radius 2 is 1.86 bits per heavy atom. The number of hydrogen-bond donors (Lipinski definition) is 0. The van der Waals surface area contributed by atoms with E-state index in [0.29, 0.717) is 6.61 Å². The van der Waals surface area contributed by atoms with Crippen molar-refractivity contribution in [2.75, 3.05) is 39.9 Å². The molecular formula is C16H22N4O. The maximum absolute atomic E-state index is 5.52. The number of morpholine rings is 1. The zero-order valence-electron chi connectivity index (χ0n) is 12.5. The molecule has 0 N–H and O–H groups in total. The van der Waals surface area contributed by atoms with Crippen molar-refractivity contribution in [3.63, 3.8) is 0 Å². The molecule has 112 valence electrons. The number of likely N-dealkylation sites (N-methyl/N-ethyl adjacent to an activating group) is 1. The lowest BCUT2D eigenvalue weighted by Crippen LogP contribution is -2.40. The maximum Gasteiger partial charge on any atom is 0.227 e. The molecule has 0 aliphatic carbocycles. The predicted octanol–water partition coefficient (Wildman–Crippen LogP) is 2.13. The van der Waals surface area contributed by atoms with Crippen molar-refractivity contribution >= 4 is 17.5 Å². The number of nitrogens with zero attached hydrogens (tertiary/aromatic N) is 4. The summed E-state index contributed by atoms with van der Waals surface area (Å²) < 4.78 is 5.52. The highest BCUT2D eigenvalue weighted by Crippen LogP contribution is 2.16. The molecule has 2 aliphatic heterocycles. The van der Waals surface area contributed by atoms with Gasteiger partial charge < -0.3 is 14.5 Å². The quantitative estimate of drug-likeness (QED) is 0.586. The third-order valence-corrected chi connectivity index (χ3v) is 3.85. The van der Waals surface area contributed by atoms with Crippen LogP contribution in [0, 0.1) is 0 Å². The van der Waals surface area contributed by atoms with Crippen LogP contribution in [0.2, 0.25) is 0 Å². The van der Waals surface area contributed by atoms with Crippen LogP contribution in [0.4, 0.5) is 5.69 Å². The Labute approximate surface area is 125 Å². The molecule has 3 rings (SSSR count). The molecule has 0 amide bonds. The molecule has 0 atom stereocenters. The van der Waals surface area contributed by atoms with E-state index < -0.39 is 0 Å². The highest BCUT2D eigenvalue weighted by Gasteiger charge is 2.19. The Morgan fingerprint density at radius 1 is 1.10 bits per heavy atom. The van der Waals surface area contributed by atoms with Gasteiger partial charge in [-0.25, -0.2) is 4.99 Å². The number of amidine groups is 1. The first-order valence-corrected chi connectivity index (χ1v) is 7.58. The van der Waals surface area contributed by atoms with Gasteiger partial charge in [-0.3, -0.25) is 0 Å². The number of guanidine groups is 1. The standard InChI is InChI=1S/C16H22N4O/c1-19-11-12-21-13-15(19)18-16(20-9-5-6-10-20)17-14-7-3-2-4-8-14/h2-4,7-8H,5-6,9-13H2,1H3/b17-16?,18-15+. The normalized spacial score (nSPS) is 22.1. The Morgan fingerprint density at radius 3 is 2.57 bits per heavy atom. The molecule has 2 saturated heterocycles. The number of ether oxygens (including phenoxy) is 1. The lowest BCUT2D eigenvalue weighted by Gasteiger charge is -2.27. The monoisotopic (exact) mass is 286 g/mol. The highest BCUT2D eigenvalue weighted by molar-refractivity contribution is 5.97. The molecule has 21 heavy (non-hydrogen) atoms. The van der Waals surface area contributed by atoms with E-state index in [-0.39, 0.29) is 0 Å². The summed E-state index contributed by atoms with van der Waals surface area (Å²) in [5.74, 6) is 1.77. The second-order valence-electron chi connectivity index (χ2n) is 5.44. The molecule has 1 aromatic carbocycles. The van der Waals surface area contributed by atoms with Gasteiger partial charge in [-0.15, -0.1) is 0 Å². The van der Waals surface area contributed by atoms with Crippen LogP contribution in [0.3, 0.4) is 0 Å². The van der Waals surface area contributed by atoms with Crippen molar-refractivity contribution in [3.05, 3.63) is 30.3 Å². The number of para-hydroxylation sites is 1. The predicted molar refractivity (Wildman–Crippen MR) is 85.2 cm³/mol. The third-order valence-electron chi connectivity index (χ3n) is 3.85. The van der Waals surface area contributed by atoms with E-state index in [0.717, 1.165) is 43.7 Å². The van der Waals surface area contributed by atoms with Gasteiger partial charge in [-0.05, 0) is 25.0 Å². The average Bonchev–Trinajstić information content (AvgIpc) is 3.04. The summed E-state index contributed by atoms with van der Waals surface area (Å²) in [5, 5.41) is 0. The second kappa shape index (κ2) is 6.72. The maximum atomic E-state index is 5.52. The van der Waals surface area contributed by atoms with E-state index in [4.69, 9.17) is 14.7 Å². The lowest BCUT2D eigenvalue weighted by molar-refractivity contribution is 0.125. The smallest absolute Gasteiger partial charge is 0.227 e. The molecule has 0 aromatic heterocycles. The van der Waals surface area contributed by atoms with Crippen molar-refractivity contribution in [2.45, 2.75) is 12.8 Å². The molecule has 2 fully saturated rings. The molecule has 0 bridgehead atoms. The van der Waals surface area contributed by atoms with Gasteiger partial charge in [0.25, 0.3) is 0 Å². The van der Waals surface area contributed by atoms with Gasteiger partial charge in [0, 0.05) is 26.7 Å². The average molecular weight is 286 g/mol. The van der Waals surface area contributed by atoms with Crippen LogP contribution in [-0.4, -0.2) is 61.5 Å². The van der Waals surface area contributed by atoms with Crippen LogP contribution in [0.1, 0.15) is 12.8 Å². The van der Waals surface area contributed by atoms with E-state index in [2.05, 4.69) is 16.8 Å². The molecule has 1 aromatic rings. The fourth-order valence-electron chi connectivity index (χ4n) is 2.54. The summed E-state index contributed by atoms with van der Waals surface area (Å²) in [7, 11) is 2.06. The highest BCUT2D eigenvalue weighted by atomic mass is 16.5. The zero-order chi connectivity index (χ0) is 14.5. The third kappa shape index (κ3) is 3.61. The Kier molecular flexibility index (Phi) is 4.50. The lowest BCUT2D eigenvalue weighted by atomic mass is 10.3. The largest absolute Gasteiger partial charge is 0.372 e. The first kappa shape index (κ1) is 14.1. The molecule has 5 nitrogen and oxygen atoms in total. The zero-order valence-corrected chi connectivity index (χ0v) is 12.5. The van der Waals surface area contributed by atoms with Crippen LogP contribution in [0.5, 0.6) is 0 Å². The summed E-state index contributed by atoms with van der Waals surface area (Å²) >= 11 is 0. The van der Waals surface area contributed by atoms with Crippen LogP contribution >= 0.6 is 0 Å². The van der Waals surface area contributed by atoms with E-state index >= 15 is 0 Å². The first-order valence-electron chi connectivity index (χ1n) is 7.58. The molecule has 0 unspecified atom stereocenters. The molecule has 2 heterocycles. The Bertz CT molecular complexity index is 520. The van der Waals surface area contributed by atoms with Crippen molar-refractivity contribution in [1.29, 1.82) is 0 Å². The van der Waals surface area contributed by atoms with E-state index in [9.17, 15) is 0 Å². The summed E-state index contributed by atoms with van der Waals surface area (Å²) in [6, 6.07) is 10.0. The summed E-state index contributed by atoms with van der Waals surface area (Å²) in [6.45, 7) is 4.29. The van der Waals surface area contributed by atoms with Crippen molar-refractivity contribution < 1.29 is 4.74 Å². The summed E-state index contributed by atoms with van der Waals surface area (Å²) in [6.07, 6.45) is 2.43. The Balaban J connectivity index is 1.88. The number of aliphatic imine (C=N–C) groups is 2. The molecule has 2 aliphatic rings. The first-order chi connectivity index (χ1) is 10.3. The van der Waals surface area contributed by atoms with E-state index in [1.165, 1.54) is 12.8 Å². The second-order valence-corrected chi connectivity index (χ2v) is 5.44. The number of rotatable bonds is 1. The Hall–Kier alpha value is -1.88. The summed E-state index contributed by atoms with van der Waals surface area (Å²) in [4.78, 5) is 13.9. The van der Waals surface area contributed by atoms with Crippen LogP contribution in [0.25, 0.3) is 0 Å². The molecule has 0 radical (unpaired) electrons. The van der Waals surface area contributed by atoms with Crippen LogP contribution in [0.15, 0.2) is 40.3 Å². The number of hydrogen-bond acceptors (Lipinski definition) is 2. The van der Waals surface area contributed by atoms with Gasteiger partial charge in [-0.2, -0.15) is 4.99 Å². The fraction of sp³-hybridized carbons (Fsp3) is 0.500. The topological polar surface area (TPSA) is 40.4 Å². The van der Waals surface area contributed by atoms with Gasteiger partial charge in [-0.1, -0.05) is 18.2 Å². The van der Waals surface area contributed by atoms with Gasteiger partial charge in [0.15, 0.2) is 0 Å². The van der Waals surface area contributed by atoms with Gasteiger partial charge in [0.2, 0.25) is 5.96 Å². The summed E-state index contributed by atoms with van der Waals surface area (Å²) in [5.41, 5.74) is 0.947. The van der Waals surface area contributed by atoms with E-state index in [1.54, 1.807) is 0 Å². The van der Waals surface area contributed by atoms with Crippen LogP contribution in [-0.2, 0) is 4.74 Å². The fourth-order valence-corrected chi connectivity index (χ4v) is 2.54. The SMILES string of the molecule is CN1CCOC/C1=N\C(=Nc1ccccc1)N1CCCC1. The van der Waals surface area contributed by atoms with Gasteiger partial charge >= 0.3 is 0 Å². The molecule has 0 spiro atoms. The molecule has 5 heteroatoms. The van der Waals surface area contributed by atoms with E-state index in [1.807, 2.05) is 30.3 Å². The van der Waals surface area contributed by atoms with Crippen molar-refractivity contribution in [1.82, 2.24) is 9.80 Å². The number of benzene rings is 1. The van der Waals surface area contributed by atoms with Crippen molar-refractivity contribution in [3.8, 4) is 0 Å². The van der Waals surface area contributed by atoms with Crippen molar-refractivity contribution in [2.24, 2.45) is 9.98 Å². The van der Waals surface area contributed by atoms with Crippen LogP contribution < -0.4 is 0 Å².